The van der Waals surface area contributed by atoms with E-state index < -0.39 is 0 Å². The smallest absolute Gasteiger partial charge is 0.422 e. The van der Waals surface area contributed by atoms with E-state index in [2.05, 4.69) is 10.1 Å². The van der Waals surface area contributed by atoms with Crippen LogP contribution in [-0.4, -0.2) is 18.8 Å². The van der Waals surface area contributed by atoms with Crippen LogP contribution < -0.4 is 9.89 Å². The molecule has 4 nitrogen and oxygen atoms in total. The first-order valence-electron chi connectivity index (χ1n) is 3.91. The van der Waals surface area contributed by atoms with Crippen molar-refractivity contribution < 1.29 is 9.57 Å². The Hall–Kier alpha value is -1.84. The molecule has 63 valence electrons. The van der Waals surface area contributed by atoms with Gasteiger partial charge in [0, 0.05) is 4.99 Å². The highest BCUT2D eigenvalue weighted by molar-refractivity contribution is 6.23. The minimum absolute atomic E-state index is 0.544. The molecule has 0 spiro atoms. The van der Waals surface area contributed by atoms with Crippen molar-refractivity contribution in [2.75, 3.05) is 7.11 Å². The van der Waals surface area contributed by atoms with Gasteiger partial charge in [-0.3, -0.25) is 0 Å². The molecule has 0 saturated carbocycles. The molecular weight excluding hydrogens is 168 g/mol. The van der Waals surface area contributed by atoms with Gasteiger partial charge in [0.05, 0.1) is 12.7 Å². The molecule has 1 aromatic carbocycles. The summed E-state index contributed by atoms with van der Waals surface area (Å²) in [5.41, 5.74) is 1.90. The Morgan fingerprint density at radius 3 is 3.23 bits per heavy atom. The summed E-state index contributed by atoms with van der Waals surface area (Å²) >= 11 is 0. The van der Waals surface area contributed by atoms with Crippen molar-refractivity contribution >= 4 is 11.7 Å². The van der Waals surface area contributed by atoms with Crippen molar-refractivity contribution in [1.29, 1.82) is 0 Å². The Bertz CT molecular complexity index is 449. The highest BCUT2D eigenvalue weighted by Crippen LogP contribution is 2.30. The van der Waals surface area contributed by atoms with Crippen LogP contribution in [-0.2, 0) is 4.84 Å². The van der Waals surface area contributed by atoms with E-state index in [1.165, 1.54) is 0 Å². The molecule has 2 aliphatic rings. The van der Waals surface area contributed by atoms with Gasteiger partial charge in [-0.1, -0.05) is 6.07 Å². The molecule has 0 saturated heterocycles. The monoisotopic (exact) mass is 174 g/mol. The zero-order valence-electron chi connectivity index (χ0n) is 6.94. The molecule has 4 heteroatoms. The lowest BCUT2D eigenvalue weighted by Gasteiger charge is -2.04. The Balaban J connectivity index is 2.32. The van der Waals surface area contributed by atoms with Gasteiger partial charge in [0.15, 0.2) is 5.16 Å². The number of hydrogen-bond donors (Lipinski definition) is 0. The molecule has 0 aliphatic carbocycles. The van der Waals surface area contributed by atoms with Crippen LogP contribution in [0.25, 0.3) is 0 Å². The zero-order valence-corrected chi connectivity index (χ0v) is 6.94. The van der Waals surface area contributed by atoms with Crippen LogP contribution in [0.3, 0.4) is 0 Å². The minimum Gasteiger partial charge on any atom is -0.496 e. The predicted molar refractivity (Wildman–Crippen MR) is 46.9 cm³/mol. The van der Waals surface area contributed by atoms with Gasteiger partial charge >= 0.3 is 11.7 Å². The molecule has 2 aliphatic heterocycles. The molecule has 13 heavy (non-hydrogen) atoms. The maximum Gasteiger partial charge on any atom is 0.422 e. The summed E-state index contributed by atoms with van der Waals surface area (Å²) in [5.74, 6) is 1.97. The van der Waals surface area contributed by atoms with Crippen molar-refractivity contribution in [3.05, 3.63) is 29.3 Å². The molecule has 0 atom stereocenters. The van der Waals surface area contributed by atoms with Gasteiger partial charge in [0.2, 0.25) is 0 Å². The van der Waals surface area contributed by atoms with Gasteiger partial charge in [0.25, 0.3) is 0 Å². The van der Waals surface area contributed by atoms with Crippen LogP contribution in [0.2, 0.25) is 0 Å². The van der Waals surface area contributed by atoms with E-state index in [9.17, 15) is 0 Å². The first-order chi connectivity index (χ1) is 6.40. The van der Waals surface area contributed by atoms with E-state index in [0.717, 1.165) is 16.9 Å². The van der Waals surface area contributed by atoms with E-state index in [-0.39, 0.29) is 0 Å². The highest BCUT2D eigenvalue weighted by Gasteiger charge is 2.43. The summed E-state index contributed by atoms with van der Waals surface area (Å²) in [6.45, 7) is 0. The summed E-state index contributed by atoms with van der Waals surface area (Å²) in [4.78, 5) is 9.12. The second-order valence-electron chi connectivity index (χ2n) is 2.81. The largest absolute Gasteiger partial charge is 0.496 e. The fourth-order valence-corrected chi connectivity index (χ4v) is 1.54. The lowest BCUT2D eigenvalue weighted by atomic mass is 10.1. The first-order valence-corrected chi connectivity index (χ1v) is 3.91. The van der Waals surface area contributed by atoms with Crippen LogP contribution >= 0.6 is 0 Å². The number of nitrogens with zero attached hydrogens (tertiary/aromatic N) is 2. The number of benzene rings is 1. The quantitative estimate of drug-likeness (QED) is 0.621. The normalized spacial score (nSPS) is 16.1. The van der Waals surface area contributed by atoms with Crippen LogP contribution in [0.15, 0.2) is 23.2 Å². The topological polar surface area (TPSA) is 44.9 Å². The highest BCUT2D eigenvalue weighted by atomic mass is 16.6. The maximum atomic E-state index is 5.19. The maximum absolute atomic E-state index is 5.19. The van der Waals surface area contributed by atoms with Crippen LogP contribution in [0, 0.1) is 0 Å². The van der Waals surface area contributed by atoms with Crippen LogP contribution in [0.4, 0.5) is 0 Å². The van der Waals surface area contributed by atoms with Crippen molar-refractivity contribution in [1.82, 2.24) is 5.16 Å². The number of methoxy groups -OCH3 is 1. The molecule has 1 radical (unpaired) electrons. The lowest BCUT2D eigenvalue weighted by Crippen LogP contribution is -2.13. The second-order valence-corrected chi connectivity index (χ2v) is 2.81. The number of fused-ring (bicyclic) bond motifs is 4. The molecule has 3 rings (SSSR count). The Morgan fingerprint density at radius 1 is 1.46 bits per heavy atom. The van der Waals surface area contributed by atoms with Gasteiger partial charge in [-0.05, 0) is 12.1 Å². The van der Waals surface area contributed by atoms with Gasteiger partial charge in [-0.15, -0.1) is 0 Å². The molecular formula is C9H6N2O2+. The Kier molecular flexibility index (Phi) is 1.07. The number of rotatable bonds is 1. The molecule has 1 aromatic rings. The molecule has 0 N–H and O–H groups in total. The molecule has 0 fully saturated rings. The third-order valence-electron chi connectivity index (χ3n) is 2.13. The average molecular weight is 174 g/mol. The fourth-order valence-electron chi connectivity index (χ4n) is 1.54. The number of amidine groups is 1. The third kappa shape index (κ3) is 0.697. The SMILES string of the molecule is COc1cccc2c1C1=NC2=[N+]O1. The van der Waals surface area contributed by atoms with Crippen molar-refractivity contribution in [2.45, 2.75) is 0 Å². The van der Waals surface area contributed by atoms with Crippen LogP contribution in [0.1, 0.15) is 11.1 Å². The molecule has 2 heterocycles. The molecule has 0 unspecified atom stereocenters. The number of oxime groups is 1. The Morgan fingerprint density at radius 2 is 2.38 bits per heavy atom. The third-order valence-corrected chi connectivity index (χ3v) is 2.13. The first kappa shape index (κ1) is 6.65. The molecule has 0 aromatic heterocycles. The number of aliphatic imine (C=N–C) groups is 1. The van der Waals surface area contributed by atoms with Gasteiger partial charge < -0.3 is 4.74 Å². The Labute approximate surface area is 74.5 Å². The second kappa shape index (κ2) is 2.10. The predicted octanol–water partition coefficient (Wildman–Crippen LogP) is 0.483. The average Bonchev–Trinajstić information content (AvgIpc) is 2.77. The van der Waals surface area contributed by atoms with E-state index in [0.29, 0.717) is 11.7 Å². The standard InChI is InChI=1S/C9H6N2O2/c1-12-6-4-2-3-5-7(6)9-10-8(5)11-13-9/h2-4H,1H3/q+1. The lowest BCUT2D eigenvalue weighted by molar-refractivity contribution is 0.275. The summed E-state index contributed by atoms with van der Waals surface area (Å²) < 4.78 is 5.19. The van der Waals surface area contributed by atoms with Gasteiger partial charge in [-0.2, -0.15) is 0 Å². The van der Waals surface area contributed by atoms with E-state index >= 15 is 0 Å². The number of hydrogen-bond acceptors (Lipinski definition) is 4. The van der Waals surface area contributed by atoms with Crippen molar-refractivity contribution in [3.8, 4) is 5.75 Å². The fraction of sp³-hybridized carbons (Fsp3) is 0.111. The van der Waals surface area contributed by atoms with E-state index in [4.69, 9.17) is 9.57 Å². The zero-order chi connectivity index (χ0) is 8.84. The van der Waals surface area contributed by atoms with Crippen LogP contribution in [0.5, 0.6) is 5.75 Å². The summed E-state index contributed by atoms with van der Waals surface area (Å²) in [6.07, 6.45) is 0. The van der Waals surface area contributed by atoms with Crippen molar-refractivity contribution in [2.24, 2.45) is 4.99 Å². The van der Waals surface area contributed by atoms with Crippen molar-refractivity contribution in [3.63, 3.8) is 0 Å². The number of ether oxygens (including phenoxy) is 1. The van der Waals surface area contributed by atoms with E-state index in [1.54, 1.807) is 7.11 Å². The van der Waals surface area contributed by atoms with Gasteiger partial charge in [-0.25, -0.2) is 4.84 Å². The van der Waals surface area contributed by atoms with Gasteiger partial charge in [0.1, 0.15) is 11.3 Å². The summed E-state index contributed by atoms with van der Waals surface area (Å²) in [7, 11) is 1.63. The summed E-state index contributed by atoms with van der Waals surface area (Å²) in [5, 5.41) is 3.78. The minimum atomic E-state index is 0.544. The molecule has 2 bridgehead atoms. The summed E-state index contributed by atoms with van der Waals surface area (Å²) in [6, 6.07) is 5.75. The molecule has 0 amide bonds. The van der Waals surface area contributed by atoms with E-state index in [1.807, 2.05) is 18.2 Å².